The van der Waals surface area contributed by atoms with Gasteiger partial charge in [-0.15, -0.1) is 0 Å². The Morgan fingerprint density at radius 3 is 2.64 bits per heavy atom. The zero-order valence-electron chi connectivity index (χ0n) is 6.85. The van der Waals surface area contributed by atoms with Crippen molar-refractivity contribution in [2.24, 2.45) is 0 Å². The van der Waals surface area contributed by atoms with Crippen LogP contribution in [0.25, 0.3) is 0 Å². The van der Waals surface area contributed by atoms with Crippen molar-refractivity contribution in [3.05, 3.63) is 28.2 Å². The van der Waals surface area contributed by atoms with E-state index >= 15 is 0 Å². The van der Waals surface area contributed by atoms with Gasteiger partial charge >= 0.3 is 0 Å². The molecule has 2 nitrogen and oxygen atoms in total. The normalized spacial score (nSPS) is 10.0. The van der Waals surface area contributed by atoms with Gasteiger partial charge in [0.25, 0.3) is 0 Å². The molecule has 0 radical (unpaired) electrons. The Morgan fingerprint density at radius 2 is 2.07 bits per heavy atom. The Hall–Kier alpha value is -0.620. The molecule has 0 aliphatic carbocycles. The number of halogens is 3. The summed E-state index contributed by atoms with van der Waals surface area (Å²) in [4.78, 5) is 10.9. The molecule has 6 heteroatoms. The van der Waals surface area contributed by atoms with Crippen molar-refractivity contribution >= 4 is 40.2 Å². The molecule has 0 bridgehead atoms. The third-order valence-electron chi connectivity index (χ3n) is 1.43. The molecular weight excluding hydrogens is 276 g/mol. The van der Waals surface area contributed by atoms with Crippen LogP contribution in [-0.2, 0) is 4.79 Å². The van der Waals surface area contributed by atoms with E-state index in [0.717, 1.165) is 6.07 Å². The molecule has 1 N–H and O–H groups in total. The van der Waals surface area contributed by atoms with E-state index in [1.807, 2.05) is 0 Å². The molecule has 0 saturated heterocycles. The number of amides is 1. The summed E-state index contributed by atoms with van der Waals surface area (Å²) < 4.78 is 25.9. The fraction of sp³-hybridized carbons (Fsp3) is 0.125. The van der Waals surface area contributed by atoms with Gasteiger partial charge < -0.3 is 5.32 Å². The van der Waals surface area contributed by atoms with Gasteiger partial charge in [0.05, 0.1) is 15.9 Å². The summed E-state index contributed by atoms with van der Waals surface area (Å²) in [6.07, 6.45) is 0. The number of benzene rings is 1. The van der Waals surface area contributed by atoms with E-state index in [4.69, 9.17) is 0 Å². The van der Waals surface area contributed by atoms with Crippen LogP contribution in [-0.4, -0.2) is 11.7 Å². The lowest BCUT2D eigenvalue weighted by atomic mass is 10.3. The number of carbonyl (C=O) groups excluding carboxylic acids is 1. The van der Waals surface area contributed by atoms with E-state index in [1.165, 1.54) is 0 Å². The summed E-state index contributed by atoms with van der Waals surface area (Å²) in [6, 6.07) is 1.85. The van der Waals surface area contributed by atoms with Crippen molar-refractivity contribution in [3.8, 4) is 0 Å². The van der Waals surface area contributed by atoms with Gasteiger partial charge in [-0.1, -0.05) is 0 Å². The maximum Gasteiger partial charge on any atom is 0.234 e. The topological polar surface area (TPSA) is 29.1 Å². The molecule has 1 rings (SSSR count). The van der Waals surface area contributed by atoms with E-state index in [1.54, 1.807) is 0 Å². The van der Waals surface area contributed by atoms with Gasteiger partial charge in [0, 0.05) is 6.07 Å². The third kappa shape index (κ3) is 2.68. The fourth-order valence-electron chi connectivity index (χ4n) is 0.808. The van der Waals surface area contributed by atoms with Crippen molar-refractivity contribution in [1.29, 1.82) is 0 Å². The number of carbonyl (C=O) groups is 1. The van der Waals surface area contributed by atoms with Crippen LogP contribution in [0.2, 0.25) is 0 Å². The first-order valence-electron chi connectivity index (χ1n) is 3.60. The Morgan fingerprint density at radius 1 is 1.43 bits per heavy atom. The molecule has 14 heavy (non-hydrogen) atoms. The first-order valence-corrected chi connectivity index (χ1v) is 5.02. The van der Waals surface area contributed by atoms with Crippen molar-refractivity contribution in [1.82, 2.24) is 0 Å². The van der Waals surface area contributed by atoms with Crippen LogP contribution in [0.4, 0.5) is 14.5 Å². The highest BCUT2D eigenvalue weighted by Gasteiger charge is 2.09. The van der Waals surface area contributed by atoms with Gasteiger partial charge in [-0.3, -0.25) is 4.79 Å². The predicted molar refractivity (Wildman–Crippen MR) is 56.5 cm³/mol. The highest BCUT2D eigenvalue weighted by molar-refractivity contribution is 9.10. The molecule has 0 fully saturated rings. The Balaban J connectivity index is 2.98. The summed E-state index contributed by atoms with van der Waals surface area (Å²) >= 11 is 6.59. The number of nitrogens with one attached hydrogen (secondary N) is 1. The van der Waals surface area contributed by atoms with Crippen molar-refractivity contribution in [2.75, 3.05) is 11.1 Å². The molecule has 0 atom stereocenters. The largest absolute Gasteiger partial charge is 0.323 e. The monoisotopic (exact) mass is 281 g/mol. The van der Waals surface area contributed by atoms with Gasteiger partial charge in [-0.05, 0) is 22.0 Å². The second kappa shape index (κ2) is 4.75. The molecule has 0 spiro atoms. The van der Waals surface area contributed by atoms with Gasteiger partial charge in [-0.25, -0.2) is 8.78 Å². The Bertz CT molecular complexity index is 373. The molecular formula is C8H6BrF2NOS. The molecule has 0 aliphatic heterocycles. The van der Waals surface area contributed by atoms with Gasteiger partial charge in [0.1, 0.15) is 11.6 Å². The number of rotatable bonds is 2. The SMILES string of the molecule is O=C(CS)Nc1cc(Br)c(F)cc1F. The van der Waals surface area contributed by atoms with Crippen LogP contribution in [0.15, 0.2) is 16.6 Å². The molecule has 0 heterocycles. The van der Waals surface area contributed by atoms with Crippen LogP contribution in [0.3, 0.4) is 0 Å². The summed E-state index contributed by atoms with van der Waals surface area (Å²) in [5.41, 5.74) is -0.0719. The number of thiol groups is 1. The van der Waals surface area contributed by atoms with E-state index < -0.39 is 17.5 Å². The zero-order valence-corrected chi connectivity index (χ0v) is 9.33. The molecule has 1 amide bonds. The second-order valence-corrected chi connectivity index (χ2v) is 3.62. The van der Waals surface area contributed by atoms with Gasteiger partial charge in [0.2, 0.25) is 5.91 Å². The third-order valence-corrected chi connectivity index (χ3v) is 2.32. The highest BCUT2D eigenvalue weighted by Crippen LogP contribution is 2.23. The van der Waals surface area contributed by atoms with E-state index in [2.05, 4.69) is 33.9 Å². The van der Waals surface area contributed by atoms with E-state index in [-0.39, 0.29) is 15.9 Å². The van der Waals surface area contributed by atoms with Crippen LogP contribution < -0.4 is 5.32 Å². The van der Waals surface area contributed by atoms with Crippen molar-refractivity contribution in [2.45, 2.75) is 0 Å². The van der Waals surface area contributed by atoms with Gasteiger partial charge in [0.15, 0.2) is 0 Å². The standard InChI is InChI=1S/C8H6BrF2NOS/c9-4-1-7(12-8(13)3-14)6(11)2-5(4)10/h1-2,14H,3H2,(H,12,13). The number of hydrogen-bond acceptors (Lipinski definition) is 2. The minimum Gasteiger partial charge on any atom is -0.323 e. The molecule has 0 aliphatic rings. The minimum absolute atomic E-state index is 0.0611. The molecule has 76 valence electrons. The van der Waals surface area contributed by atoms with Crippen LogP contribution in [0.5, 0.6) is 0 Å². The smallest absolute Gasteiger partial charge is 0.234 e. The highest BCUT2D eigenvalue weighted by atomic mass is 79.9. The lowest BCUT2D eigenvalue weighted by Crippen LogP contribution is -2.13. The van der Waals surface area contributed by atoms with Gasteiger partial charge in [-0.2, -0.15) is 12.6 Å². The zero-order chi connectivity index (χ0) is 10.7. The molecule has 0 saturated carbocycles. The number of hydrogen-bond donors (Lipinski definition) is 2. The lowest BCUT2D eigenvalue weighted by molar-refractivity contribution is -0.113. The lowest BCUT2D eigenvalue weighted by Gasteiger charge is -2.05. The maximum absolute atomic E-state index is 13.0. The first kappa shape index (κ1) is 11.5. The average Bonchev–Trinajstić information content (AvgIpc) is 2.14. The average molecular weight is 282 g/mol. The minimum atomic E-state index is -0.819. The van der Waals surface area contributed by atoms with Crippen LogP contribution in [0.1, 0.15) is 0 Å². The van der Waals surface area contributed by atoms with E-state index in [0.29, 0.717) is 6.07 Å². The van der Waals surface area contributed by atoms with Crippen molar-refractivity contribution in [3.63, 3.8) is 0 Å². The Kier molecular flexibility index (Phi) is 3.88. The van der Waals surface area contributed by atoms with E-state index in [9.17, 15) is 13.6 Å². The molecule has 0 unspecified atom stereocenters. The van der Waals surface area contributed by atoms with Crippen LogP contribution in [0, 0.1) is 11.6 Å². The fourth-order valence-corrected chi connectivity index (χ4v) is 1.23. The molecule has 1 aromatic rings. The maximum atomic E-state index is 13.0. The molecule has 1 aromatic carbocycles. The number of anilines is 1. The van der Waals surface area contributed by atoms with Crippen LogP contribution >= 0.6 is 28.6 Å². The summed E-state index contributed by atoms with van der Waals surface area (Å²) in [5.74, 6) is -2.05. The second-order valence-electron chi connectivity index (χ2n) is 2.45. The first-order chi connectivity index (χ1) is 6.54. The summed E-state index contributed by atoms with van der Waals surface area (Å²) in [5, 5.41) is 2.24. The Labute approximate surface area is 93.2 Å². The summed E-state index contributed by atoms with van der Waals surface area (Å²) in [7, 11) is 0. The van der Waals surface area contributed by atoms with Crippen molar-refractivity contribution < 1.29 is 13.6 Å². The quantitative estimate of drug-likeness (QED) is 0.633. The predicted octanol–water partition coefficient (Wildman–Crippen LogP) is 2.60. The molecule has 0 aromatic heterocycles. The summed E-state index contributed by atoms with van der Waals surface area (Å²) in [6.45, 7) is 0.